The van der Waals surface area contributed by atoms with E-state index < -0.39 is 22.0 Å². The van der Waals surface area contributed by atoms with Gasteiger partial charge < -0.3 is 10.8 Å². The zero-order chi connectivity index (χ0) is 14.5. The molecule has 0 heterocycles. The molecule has 19 heavy (non-hydrogen) atoms. The minimum absolute atomic E-state index is 0.0342. The van der Waals surface area contributed by atoms with Gasteiger partial charge in [0.15, 0.2) is 0 Å². The maximum atomic E-state index is 11.6. The average molecular weight is 398 g/mol. The van der Waals surface area contributed by atoms with Gasteiger partial charge in [-0.1, -0.05) is 34.7 Å². The number of aliphatic carboxylic acids is 1. The largest absolute Gasteiger partial charge is 0.480 e. The molecular weight excluding hydrogens is 383 g/mol. The van der Waals surface area contributed by atoms with Gasteiger partial charge in [0.2, 0.25) is 10.0 Å². The standard InChI is InChI=1S/C11H15IN2O4S/c12-4-5-19(17,18)14-9-3-1-2-8(6-9)7-10(13)11(15)16/h1-3,6,10,14H,4-5,7,13H2,(H,15,16). The highest BCUT2D eigenvalue weighted by Gasteiger charge is 2.13. The van der Waals surface area contributed by atoms with Crippen molar-refractivity contribution in [3.63, 3.8) is 0 Å². The molecule has 6 nitrogen and oxygen atoms in total. The van der Waals surface area contributed by atoms with E-state index in [0.29, 0.717) is 15.7 Å². The minimum atomic E-state index is -3.35. The molecule has 0 bridgehead atoms. The van der Waals surface area contributed by atoms with E-state index in [1.54, 1.807) is 24.3 Å². The molecule has 0 amide bonds. The Balaban J connectivity index is 2.80. The van der Waals surface area contributed by atoms with Gasteiger partial charge in [-0.15, -0.1) is 0 Å². The van der Waals surface area contributed by atoms with Crippen molar-refractivity contribution in [2.45, 2.75) is 12.5 Å². The van der Waals surface area contributed by atoms with Crippen molar-refractivity contribution in [2.24, 2.45) is 5.73 Å². The highest BCUT2D eigenvalue weighted by Crippen LogP contribution is 2.14. The van der Waals surface area contributed by atoms with Gasteiger partial charge >= 0.3 is 5.97 Å². The van der Waals surface area contributed by atoms with E-state index in [4.69, 9.17) is 10.8 Å². The zero-order valence-electron chi connectivity index (χ0n) is 10.0. The summed E-state index contributed by atoms with van der Waals surface area (Å²) in [5.41, 5.74) is 6.52. The summed E-state index contributed by atoms with van der Waals surface area (Å²) in [6.07, 6.45) is 0.150. The molecule has 0 fully saturated rings. The van der Waals surface area contributed by atoms with Crippen molar-refractivity contribution in [1.29, 1.82) is 0 Å². The number of carbonyl (C=O) groups is 1. The number of hydrogen-bond donors (Lipinski definition) is 3. The summed E-state index contributed by atoms with van der Waals surface area (Å²) in [5, 5.41) is 8.73. The Morgan fingerprint density at radius 2 is 2.16 bits per heavy atom. The molecule has 0 saturated carbocycles. The van der Waals surface area contributed by atoms with Crippen LogP contribution in [0.25, 0.3) is 0 Å². The number of anilines is 1. The summed E-state index contributed by atoms with van der Waals surface area (Å²) < 4.78 is 26.2. The lowest BCUT2D eigenvalue weighted by Crippen LogP contribution is -2.32. The first-order valence-electron chi connectivity index (χ1n) is 5.48. The number of carboxylic acid groups (broad SMARTS) is 1. The first kappa shape index (κ1) is 16.2. The fourth-order valence-electron chi connectivity index (χ4n) is 1.44. The molecule has 0 aliphatic rings. The van der Waals surface area contributed by atoms with Gasteiger partial charge in [0.25, 0.3) is 0 Å². The number of sulfonamides is 1. The Bertz CT molecular complexity index is 547. The molecule has 1 aromatic carbocycles. The van der Waals surface area contributed by atoms with Crippen molar-refractivity contribution in [1.82, 2.24) is 0 Å². The monoisotopic (exact) mass is 398 g/mol. The first-order valence-corrected chi connectivity index (χ1v) is 8.65. The molecule has 0 radical (unpaired) electrons. The van der Waals surface area contributed by atoms with Crippen LogP contribution in [0.4, 0.5) is 5.69 Å². The summed E-state index contributed by atoms with van der Waals surface area (Å²) in [5.74, 6) is -1.05. The van der Waals surface area contributed by atoms with Gasteiger partial charge in [-0.3, -0.25) is 9.52 Å². The molecule has 0 spiro atoms. The van der Waals surface area contributed by atoms with E-state index in [1.165, 1.54) is 0 Å². The van der Waals surface area contributed by atoms with Crippen LogP contribution in [0.2, 0.25) is 0 Å². The summed E-state index contributed by atoms with van der Waals surface area (Å²) >= 11 is 1.98. The van der Waals surface area contributed by atoms with Crippen LogP contribution in [0.3, 0.4) is 0 Å². The topological polar surface area (TPSA) is 109 Å². The van der Waals surface area contributed by atoms with Crippen molar-refractivity contribution in [3.8, 4) is 0 Å². The Morgan fingerprint density at radius 3 is 2.74 bits per heavy atom. The molecule has 8 heteroatoms. The van der Waals surface area contributed by atoms with Gasteiger partial charge in [-0.2, -0.15) is 0 Å². The Labute approximate surface area is 125 Å². The molecule has 1 unspecified atom stereocenters. The summed E-state index contributed by atoms with van der Waals surface area (Å²) in [6.45, 7) is 0. The van der Waals surface area contributed by atoms with Crippen LogP contribution in [0.1, 0.15) is 5.56 Å². The third-order valence-electron chi connectivity index (χ3n) is 2.32. The number of benzene rings is 1. The van der Waals surface area contributed by atoms with Gasteiger partial charge in [0.05, 0.1) is 5.75 Å². The van der Waals surface area contributed by atoms with Crippen LogP contribution in [-0.4, -0.2) is 35.7 Å². The van der Waals surface area contributed by atoms with Gasteiger partial charge in [-0.25, -0.2) is 8.42 Å². The van der Waals surface area contributed by atoms with E-state index in [-0.39, 0.29) is 12.2 Å². The number of nitrogens with two attached hydrogens (primary N) is 1. The lowest BCUT2D eigenvalue weighted by molar-refractivity contribution is -0.138. The van der Waals surface area contributed by atoms with Gasteiger partial charge in [0, 0.05) is 10.1 Å². The van der Waals surface area contributed by atoms with Crippen molar-refractivity contribution in [3.05, 3.63) is 29.8 Å². The van der Waals surface area contributed by atoms with Crippen LogP contribution in [0, 0.1) is 0 Å². The zero-order valence-corrected chi connectivity index (χ0v) is 13.0. The summed E-state index contributed by atoms with van der Waals surface area (Å²) in [7, 11) is -3.35. The molecule has 4 N–H and O–H groups in total. The van der Waals surface area contributed by atoms with E-state index in [1.807, 2.05) is 22.6 Å². The number of halogens is 1. The fraction of sp³-hybridized carbons (Fsp3) is 0.364. The number of hydrogen-bond acceptors (Lipinski definition) is 4. The quantitative estimate of drug-likeness (QED) is 0.466. The SMILES string of the molecule is NC(Cc1cccc(NS(=O)(=O)CCI)c1)C(=O)O. The van der Waals surface area contributed by atoms with Crippen molar-refractivity contribution >= 4 is 44.3 Å². The van der Waals surface area contributed by atoms with Gasteiger partial charge in [0.1, 0.15) is 6.04 Å². The lowest BCUT2D eigenvalue weighted by atomic mass is 10.1. The predicted molar refractivity (Wildman–Crippen MR) is 82.1 cm³/mol. The molecule has 1 aromatic rings. The number of nitrogens with one attached hydrogen (secondary N) is 1. The number of carboxylic acids is 1. The van der Waals surface area contributed by atoms with E-state index in [2.05, 4.69) is 4.72 Å². The second-order valence-corrected chi connectivity index (χ2v) is 6.88. The molecule has 1 atom stereocenters. The number of rotatable bonds is 7. The third kappa shape index (κ3) is 5.74. The van der Waals surface area contributed by atoms with Crippen LogP contribution in [0.5, 0.6) is 0 Å². The van der Waals surface area contributed by atoms with Crippen molar-refractivity contribution < 1.29 is 18.3 Å². The summed E-state index contributed by atoms with van der Waals surface area (Å²) in [6, 6.07) is 5.57. The van der Waals surface area contributed by atoms with Gasteiger partial charge in [-0.05, 0) is 24.1 Å². The highest BCUT2D eigenvalue weighted by molar-refractivity contribution is 14.1. The van der Waals surface area contributed by atoms with Crippen molar-refractivity contribution in [2.75, 3.05) is 14.9 Å². The second-order valence-electron chi connectivity index (χ2n) is 3.96. The molecular formula is C11H15IN2O4S. The Morgan fingerprint density at radius 1 is 1.47 bits per heavy atom. The molecule has 106 valence electrons. The Hall–Kier alpha value is -0.870. The average Bonchev–Trinajstić information content (AvgIpc) is 2.28. The smallest absolute Gasteiger partial charge is 0.320 e. The third-order valence-corrected chi connectivity index (χ3v) is 4.88. The molecule has 0 aromatic heterocycles. The maximum Gasteiger partial charge on any atom is 0.320 e. The van der Waals surface area contributed by atoms with E-state index >= 15 is 0 Å². The number of alkyl halides is 1. The maximum absolute atomic E-state index is 11.6. The lowest BCUT2D eigenvalue weighted by Gasteiger charge is -2.10. The normalized spacial score (nSPS) is 12.9. The highest BCUT2D eigenvalue weighted by atomic mass is 127. The van der Waals surface area contributed by atoms with E-state index in [0.717, 1.165) is 0 Å². The molecule has 1 rings (SSSR count). The minimum Gasteiger partial charge on any atom is -0.480 e. The van der Waals surface area contributed by atoms with E-state index in [9.17, 15) is 13.2 Å². The van der Waals surface area contributed by atoms with Crippen LogP contribution >= 0.6 is 22.6 Å². The van der Waals surface area contributed by atoms with Crippen LogP contribution < -0.4 is 10.5 Å². The molecule has 0 aliphatic carbocycles. The van der Waals surface area contributed by atoms with Crippen LogP contribution in [0.15, 0.2) is 24.3 Å². The Kier molecular flexibility index (Phi) is 6.01. The molecule has 0 saturated heterocycles. The summed E-state index contributed by atoms with van der Waals surface area (Å²) in [4.78, 5) is 10.7. The second kappa shape index (κ2) is 7.06. The fourth-order valence-corrected chi connectivity index (χ4v) is 3.97. The first-order chi connectivity index (χ1) is 8.84. The molecule has 0 aliphatic heterocycles. The van der Waals surface area contributed by atoms with Crippen LogP contribution in [-0.2, 0) is 21.2 Å². The predicted octanol–water partition coefficient (Wildman–Crippen LogP) is 0.818.